The summed E-state index contributed by atoms with van der Waals surface area (Å²) in [6, 6.07) is -0.319. The molecule has 20 heavy (non-hydrogen) atoms. The Morgan fingerprint density at radius 3 is 2.95 bits per heavy atom. The van der Waals surface area contributed by atoms with Crippen molar-refractivity contribution >= 4 is 22.5 Å². The number of anilines is 1. The number of aliphatic hydroxyl groups is 1. The lowest BCUT2D eigenvalue weighted by atomic mass is 10.1. The van der Waals surface area contributed by atoms with Gasteiger partial charge >= 0.3 is 6.03 Å². The van der Waals surface area contributed by atoms with Crippen LogP contribution in [0.4, 0.5) is 9.93 Å². The SMILES string of the molecule is CC(C)Cc1nnc(NC(=O)N[C@@H]2C=C[C@H](CO)C2)s1. The highest BCUT2D eigenvalue weighted by Crippen LogP contribution is 2.19. The van der Waals surface area contributed by atoms with Crippen LogP contribution in [0.5, 0.6) is 0 Å². The second kappa shape index (κ2) is 6.81. The summed E-state index contributed by atoms with van der Waals surface area (Å²) in [5, 5.41) is 24.0. The van der Waals surface area contributed by atoms with Crippen LogP contribution < -0.4 is 10.6 Å². The first-order valence-electron chi connectivity index (χ1n) is 6.76. The van der Waals surface area contributed by atoms with Crippen molar-refractivity contribution in [3.8, 4) is 0 Å². The Bertz CT molecular complexity index is 486. The van der Waals surface area contributed by atoms with Gasteiger partial charge < -0.3 is 10.4 Å². The summed E-state index contributed by atoms with van der Waals surface area (Å²) in [6.07, 6.45) is 5.44. The number of amides is 2. The van der Waals surface area contributed by atoms with E-state index in [9.17, 15) is 4.79 Å². The van der Waals surface area contributed by atoms with Gasteiger partial charge in [0.05, 0.1) is 0 Å². The molecule has 0 radical (unpaired) electrons. The molecule has 2 atom stereocenters. The molecule has 0 spiro atoms. The smallest absolute Gasteiger partial charge is 0.321 e. The molecular formula is C13H20N4O2S. The predicted octanol–water partition coefficient (Wildman–Crippen LogP) is 1.80. The van der Waals surface area contributed by atoms with E-state index in [1.165, 1.54) is 11.3 Å². The number of carbonyl (C=O) groups is 1. The van der Waals surface area contributed by atoms with E-state index in [2.05, 4.69) is 34.7 Å². The molecule has 2 amide bonds. The van der Waals surface area contributed by atoms with Gasteiger partial charge in [-0.3, -0.25) is 5.32 Å². The molecule has 0 aromatic carbocycles. The van der Waals surface area contributed by atoms with Crippen molar-refractivity contribution in [2.24, 2.45) is 11.8 Å². The number of nitrogens with one attached hydrogen (secondary N) is 2. The minimum atomic E-state index is -0.287. The maximum absolute atomic E-state index is 11.8. The molecule has 0 saturated carbocycles. The Kier molecular flexibility index (Phi) is 5.08. The normalized spacial score (nSPS) is 21.4. The monoisotopic (exact) mass is 296 g/mol. The molecule has 7 heteroatoms. The summed E-state index contributed by atoms with van der Waals surface area (Å²) in [4.78, 5) is 11.8. The average molecular weight is 296 g/mol. The molecule has 0 saturated heterocycles. The number of aromatic nitrogens is 2. The van der Waals surface area contributed by atoms with Gasteiger partial charge in [0.2, 0.25) is 5.13 Å². The van der Waals surface area contributed by atoms with Gasteiger partial charge in [0.25, 0.3) is 0 Å². The third-order valence-corrected chi connectivity index (χ3v) is 3.85. The second-order valence-electron chi connectivity index (χ2n) is 5.37. The molecular weight excluding hydrogens is 276 g/mol. The molecule has 0 aliphatic heterocycles. The Morgan fingerprint density at radius 1 is 1.50 bits per heavy atom. The molecule has 1 aliphatic rings. The molecule has 0 fully saturated rings. The van der Waals surface area contributed by atoms with E-state index in [0.29, 0.717) is 11.0 Å². The highest BCUT2D eigenvalue weighted by Gasteiger charge is 2.20. The van der Waals surface area contributed by atoms with Crippen LogP contribution in [-0.4, -0.2) is 34.0 Å². The number of carbonyl (C=O) groups excluding carboxylic acids is 1. The second-order valence-corrected chi connectivity index (χ2v) is 6.43. The van der Waals surface area contributed by atoms with E-state index in [-0.39, 0.29) is 24.6 Å². The van der Waals surface area contributed by atoms with Gasteiger partial charge in [-0.25, -0.2) is 4.79 Å². The summed E-state index contributed by atoms with van der Waals surface area (Å²) < 4.78 is 0. The number of urea groups is 1. The molecule has 2 rings (SSSR count). The van der Waals surface area contributed by atoms with Gasteiger partial charge in [-0.05, 0) is 12.3 Å². The van der Waals surface area contributed by atoms with Crippen molar-refractivity contribution < 1.29 is 9.90 Å². The summed E-state index contributed by atoms with van der Waals surface area (Å²) in [6.45, 7) is 4.35. The molecule has 3 N–H and O–H groups in total. The van der Waals surface area contributed by atoms with Crippen LogP contribution in [0.3, 0.4) is 0 Å². The molecule has 1 aromatic rings. The third-order valence-electron chi connectivity index (χ3n) is 2.99. The van der Waals surface area contributed by atoms with Crippen LogP contribution >= 0.6 is 11.3 Å². The van der Waals surface area contributed by atoms with Gasteiger partial charge in [0.15, 0.2) is 0 Å². The predicted molar refractivity (Wildman–Crippen MR) is 78.7 cm³/mol. The maximum Gasteiger partial charge on any atom is 0.321 e. The van der Waals surface area contributed by atoms with Crippen LogP contribution in [0.15, 0.2) is 12.2 Å². The first-order valence-corrected chi connectivity index (χ1v) is 7.57. The van der Waals surface area contributed by atoms with E-state index in [1.807, 2.05) is 12.2 Å². The van der Waals surface area contributed by atoms with Crippen molar-refractivity contribution in [1.29, 1.82) is 0 Å². The molecule has 110 valence electrons. The van der Waals surface area contributed by atoms with Gasteiger partial charge in [-0.15, -0.1) is 10.2 Å². The first-order chi connectivity index (χ1) is 9.56. The number of nitrogens with zero attached hydrogens (tertiary/aromatic N) is 2. The van der Waals surface area contributed by atoms with E-state index >= 15 is 0 Å². The number of hydrogen-bond donors (Lipinski definition) is 3. The van der Waals surface area contributed by atoms with Crippen molar-refractivity contribution in [2.45, 2.75) is 32.7 Å². The van der Waals surface area contributed by atoms with Crippen LogP contribution in [0.2, 0.25) is 0 Å². The fraction of sp³-hybridized carbons (Fsp3) is 0.615. The standard InChI is InChI=1S/C13H20N4O2S/c1-8(2)5-11-16-17-13(20-11)15-12(19)14-10-4-3-9(6-10)7-18/h3-4,8-10,18H,5-7H2,1-2H3,(H2,14,15,17,19)/t9-,10+/m0/s1. The summed E-state index contributed by atoms with van der Waals surface area (Å²) >= 11 is 1.40. The van der Waals surface area contributed by atoms with Crippen LogP contribution in [0.25, 0.3) is 0 Å². The minimum absolute atomic E-state index is 0.0322. The molecule has 1 aromatic heterocycles. The van der Waals surface area contributed by atoms with E-state index in [0.717, 1.165) is 17.8 Å². The summed E-state index contributed by atoms with van der Waals surface area (Å²) in [5.41, 5.74) is 0. The largest absolute Gasteiger partial charge is 0.396 e. The maximum atomic E-state index is 11.8. The lowest BCUT2D eigenvalue weighted by Gasteiger charge is -2.12. The lowest BCUT2D eigenvalue weighted by Crippen LogP contribution is -2.36. The zero-order valence-electron chi connectivity index (χ0n) is 11.7. The highest BCUT2D eigenvalue weighted by molar-refractivity contribution is 7.15. The lowest BCUT2D eigenvalue weighted by molar-refractivity contribution is 0.238. The van der Waals surface area contributed by atoms with E-state index in [1.54, 1.807) is 0 Å². The zero-order chi connectivity index (χ0) is 14.5. The van der Waals surface area contributed by atoms with Crippen molar-refractivity contribution in [3.05, 3.63) is 17.2 Å². The van der Waals surface area contributed by atoms with Gasteiger partial charge in [0, 0.05) is 25.0 Å². The number of rotatable bonds is 5. The number of aliphatic hydroxyl groups excluding tert-OH is 1. The van der Waals surface area contributed by atoms with Crippen molar-refractivity contribution in [1.82, 2.24) is 15.5 Å². The van der Waals surface area contributed by atoms with Gasteiger partial charge in [0.1, 0.15) is 5.01 Å². The molecule has 0 bridgehead atoms. The summed E-state index contributed by atoms with van der Waals surface area (Å²) in [5.74, 6) is 0.656. The molecule has 1 heterocycles. The Labute approximate surface area is 122 Å². The van der Waals surface area contributed by atoms with Gasteiger partial charge in [-0.1, -0.05) is 37.3 Å². The number of hydrogen-bond acceptors (Lipinski definition) is 5. The Hall–Kier alpha value is -1.47. The average Bonchev–Trinajstić information content (AvgIpc) is 2.98. The Morgan fingerprint density at radius 2 is 2.30 bits per heavy atom. The fourth-order valence-corrected chi connectivity index (χ4v) is 3.00. The molecule has 6 nitrogen and oxygen atoms in total. The van der Waals surface area contributed by atoms with Crippen LogP contribution in [-0.2, 0) is 6.42 Å². The van der Waals surface area contributed by atoms with Crippen molar-refractivity contribution in [3.63, 3.8) is 0 Å². The molecule has 0 unspecified atom stereocenters. The van der Waals surface area contributed by atoms with Crippen LogP contribution in [0, 0.1) is 11.8 Å². The topological polar surface area (TPSA) is 87.1 Å². The fourth-order valence-electron chi connectivity index (χ4n) is 2.05. The quantitative estimate of drug-likeness (QED) is 0.723. The minimum Gasteiger partial charge on any atom is -0.396 e. The van der Waals surface area contributed by atoms with E-state index in [4.69, 9.17) is 5.11 Å². The van der Waals surface area contributed by atoms with Gasteiger partial charge in [-0.2, -0.15) is 0 Å². The zero-order valence-corrected chi connectivity index (χ0v) is 12.5. The molecule has 1 aliphatic carbocycles. The summed E-state index contributed by atoms with van der Waals surface area (Å²) in [7, 11) is 0. The third kappa shape index (κ3) is 4.28. The Balaban J connectivity index is 1.80. The van der Waals surface area contributed by atoms with Crippen molar-refractivity contribution in [2.75, 3.05) is 11.9 Å². The van der Waals surface area contributed by atoms with Crippen LogP contribution in [0.1, 0.15) is 25.3 Å². The first kappa shape index (κ1) is 14.9. The van der Waals surface area contributed by atoms with E-state index < -0.39 is 0 Å². The highest BCUT2D eigenvalue weighted by atomic mass is 32.1.